The molecule has 2 heterocycles. The van der Waals surface area contributed by atoms with E-state index < -0.39 is 11.4 Å². The minimum absolute atomic E-state index is 0.148. The molecule has 2 atom stereocenters. The quantitative estimate of drug-likeness (QED) is 0.899. The lowest BCUT2D eigenvalue weighted by atomic mass is 9.85. The molecule has 2 N–H and O–H groups in total. The number of rotatable bonds is 4. The van der Waals surface area contributed by atoms with E-state index in [0.29, 0.717) is 18.1 Å². The van der Waals surface area contributed by atoms with Crippen molar-refractivity contribution in [1.82, 2.24) is 19.7 Å². The first kappa shape index (κ1) is 15.5. The molecular formula is C16H21N5O2. The van der Waals surface area contributed by atoms with Crippen molar-refractivity contribution in [3.8, 4) is 5.82 Å². The van der Waals surface area contributed by atoms with E-state index in [4.69, 9.17) is 0 Å². The fourth-order valence-electron chi connectivity index (χ4n) is 3.22. The van der Waals surface area contributed by atoms with E-state index in [1.807, 2.05) is 19.9 Å². The van der Waals surface area contributed by atoms with Gasteiger partial charge in [-0.05, 0) is 39.7 Å². The Hall–Kier alpha value is -2.44. The molecule has 1 fully saturated rings. The molecule has 0 bridgehead atoms. The molecule has 7 heteroatoms. The van der Waals surface area contributed by atoms with Crippen molar-refractivity contribution in [2.75, 3.05) is 5.32 Å². The Bertz CT molecular complexity index is 742. The number of carbonyl (C=O) groups is 1. The van der Waals surface area contributed by atoms with E-state index >= 15 is 0 Å². The summed E-state index contributed by atoms with van der Waals surface area (Å²) in [6, 6.07) is 1.82. The van der Waals surface area contributed by atoms with Crippen LogP contribution in [0.5, 0.6) is 0 Å². The van der Waals surface area contributed by atoms with Crippen molar-refractivity contribution in [2.24, 2.45) is 5.41 Å². The van der Waals surface area contributed by atoms with Gasteiger partial charge in [-0.2, -0.15) is 5.10 Å². The van der Waals surface area contributed by atoms with Crippen molar-refractivity contribution in [1.29, 1.82) is 0 Å². The molecule has 2 aromatic heterocycles. The van der Waals surface area contributed by atoms with Gasteiger partial charge in [-0.25, -0.2) is 9.67 Å². The summed E-state index contributed by atoms with van der Waals surface area (Å²) in [4.78, 5) is 20.3. The van der Waals surface area contributed by atoms with E-state index in [1.165, 1.54) is 0 Å². The molecule has 0 aliphatic heterocycles. The van der Waals surface area contributed by atoms with Gasteiger partial charge in [0, 0.05) is 11.7 Å². The Morgan fingerprint density at radius 3 is 2.87 bits per heavy atom. The summed E-state index contributed by atoms with van der Waals surface area (Å²) in [5.74, 6) is 0.431. The average molecular weight is 315 g/mol. The van der Waals surface area contributed by atoms with Crippen LogP contribution < -0.4 is 5.32 Å². The molecule has 0 saturated heterocycles. The third-order valence-electron chi connectivity index (χ3n) is 4.62. The maximum atomic E-state index is 11.6. The first-order chi connectivity index (χ1) is 10.9. The first-order valence-electron chi connectivity index (χ1n) is 7.76. The number of hydrogen-bond donors (Lipinski definition) is 2. The molecule has 3 rings (SSSR count). The second-order valence-corrected chi connectivity index (χ2v) is 6.41. The van der Waals surface area contributed by atoms with E-state index in [1.54, 1.807) is 24.0 Å². The molecule has 23 heavy (non-hydrogen) atoms. The standard InChI is InChI=1S/C16H21N5O2/c1-10-7-11(2)21(20-10)14-9-17-8-13(19-14)18-12-5-4-6-16(12,3)15(22)23/h7-9,12H,4-6H2,1-3H3,(H,18,19)(H,22,23). The number of aromatic nitrogens is 4. The number of aliphatic carboxylic acids is 1. The lowest BCUT2D eigenvalue weighted by Crippen LogP contribution is -2.40. The number of carboxylic acids is 1. The van der Waals surface area contributed by atoms with Crippen LogP contribution in [-0.2, 0) is 4.79 Å². The smallest absolute Gasteiger partial charge is 0.311 e. The molecule has 7 nitrogen and oxygen atoms in total. The Balaban J connectivity index is 1.86. The van der Waals surface area contributed by atoms with Crippen LogP contribution in [0.1, 0.15) is 37.6 Å². The lowest BCUT2D eigenvalue weighted by Gasteiger charge is -2.28. The zero-order chi connectivity index (χ0) is 16.6. The van der Waals surface area contributed by atoms with E-state index in [9.17, 15) is 9.90 Å². The minimum atomic E-state index is -0.768. The molecule has 0 amide bonds. The molecule has 0 radical (unpaired) electrons. The predicted octanol–water partition coefficient (Wildman–Crippen LogP) is 2.33. The van der Waals surface area contributed by atoms with Crippen LogP contribution in [-0.4, -0.2) is 36.9 Å². The van der Waals surface area contributed by atoms with Crippen molar-refractivity contribution in [2.45, 2.75) is 46.1 Å². The van der Waals surface area contributed by atoms with Gasteiger partial charge in [0.25, 0.3) is 0 Å². The Kier molecular flexibility index (Phi) is 3.79. The number of carboxylic acid groups (broad SMARTS) is 1. The summed E-state index contributed by atoms with van der Waals surface area (Å²) in [6.07, 6.45) is 5.65. The lowest BCUT2D eigenvalue weighted by molar-refractivity contribution is -0.147. The number of nitrogens with one attached hydrogen (secondary N) is 1. The highest BCUT2D eigenvalue weighted by Gasteiger charge is 2.45. The number of nitrogens with zero attached hydrogens (tertiary/aromatic N) is 4. The zero-order valence-electron chi connectivity index (χ0n) is 13.6. The third kappa shape index (κ3) is 2.78. The highest BCUT2D eigenvalue weighted by molar-refractivity contribution is 5.76. The van der Waals surface area contributed by atoms with Crippen LogP contribution in [0.4, 0.5) is 5.82 Å². The van der Waals surface area contributed by atoms with Gasteiger partial charge in [-0.3, -0.25) is 9.78 Å². The van der Waals surface area contributed by atoms with Gasteiger partial charge in [0.1, 0.15) is 5.82 Å². The van der Waals surface area contributed by atoms with Gasteiger partial charge in [0.15, 0.2) is 5.82 Å². The monoisotopic (exact) mass is 315 g/mol. The molecule has 2 unspecified atom stereocenters. The fraction of sp³-hybridized carbons (Fsp3) is 0.500. The molecule has 0 spiro atoms. The van der Waals surface area contributed by atoms with E-state index in [2.05, 4.69) is 20.4 Å². The number of anilines is 1. The fourth-order valence-corrected chi connectivity index (χ4v) is 3.22. The summed E-state index contributed by atoms with van der Waals surface area (Å²) in [6.45, 7) is 5.67. The minimum Gasteiger partial charge on any atom is -0.481 e. The van der Waals surface area contributed by atoms with Gasteiger partial charge < -0.3 is 10.4 Å². The first-order valence-corrected chi connectivity index (χ1v) is 7.76. The Morgan fingerprint density at radius 1 is 1.43 bits per heavy atom. The largest absolute Gasteiger partial charge is 0.481 e. The predicted molar refractivity (Wildman–Crippen MR) is 85.6 cm³/mol. The summed E-state index contributed by atoms with van der Waals surface area (Å²) in [7, 11) is 0. The number of aryl methyl sites for hydroxylation is 2. The maximum absolute atomic E-state index is 11.6. The van der Waals surface area contributed by atoms with Crippen LogP contribution in [0, 0.1) is 19.3 Å². The van der Waals surface area contributed by atoms with Gasteiger partial charge in [-0.15, -0.1) is 0 Å². The van der Waals surface area contributed by atoms with Gasteiger partial charge in [-0.1, -0.05) is 6.42 Å². The molecule has 2 aromatic rings. The van der Waals surface area contributed by atoms with Gasteiger partial charge in [0.05, 0.1) is 23.5 Å². The zero-order valence-corrected chi connectivity index (χ0v) is 13.6. The Morgan fingerprint density at radius 2 is 2.22 bits per heavy atom. The highest BCUT2D eigenvalue weighted by atomic mass is 16.4. The van der Waals surface area contributed by atoms with Crippen LogP contribution >= 0.6 is 0 Å². The topological polar surface area (TPSA) is 92.9 Å². The molecule has 122 valence electrons. The highest BCUT2D eigenvalue weighted by Crippen LogP contribution is 2.39. The van der Waals surface area contributed by atoms with Gasteiger partial charge >= 0.3 is 5.97 Å². The van der Waals surface area contributed by atoms with Crippen molar-refractivity contribution >= 4 is 11.8 Å². The van der Waals surface area contributed by atoms with E-state index in [0.717, 1.165) is 24.2 Å². The second-order valence-electron chi connectivity index (χ2n) is 6.41. The maximum Gasteiger partial charge on any atom is 0.311 e. The van der Waals surface area contributed by atoms with Gasteiger partial charge in [0.2, 0.25) is 0 Å². The van der Waals surface area contributed by atoms with Crippen molar-refractivity contribution in [3.05, 3.63) is 29.8 Å². The summed E-state index contributed by atoms with van der Waals surface area (Å²) in [5.41, 5.74) is 1.12. The summed E-state index contributed by atoms with van der Waals surface area (Å²) >= 11 is 0. The molecule has 1 saturated carbocycles. The summed E-state index contributed by atoms with van der Waals surface area (Å²) < 4.78 is 1.73. The Labute approximate surface area is 134 Å². The third-order valence-corrected chi connectivity index (χ3v) is 4.62. The molecule has 1 aliphatic rings. The van der Waals surface area contributed by atoms with Crippen LogP contribution in [0.3, 0.4) is 0 Å². The number of hydrogen-bond acceptors (Lipinski definition) is 5. The normalized spacial score (nSPS) is 23.9. The van der Waals surface area contributed by atoms with Crippen LogP contribution in [0.25, 0.3) is 5.82 Å². The van der Waals surface area contributed by atoms with Crippen molar-refractivity contribution in [3.63, 3.8) is 0 Å². The second kappa shape index (κ2) is 5.64. The van der Waals surface area contributed by atoms with E-state index in [-0.39, 0.29) is 6.04 Å². The van der Waals surface area contributed by atoms with Crippen LogP contribution in [0.15, 0.2) is 18.5 Å². The van der Waals surface area contributed by atoms with Crippen molar-refractivity contribution < 1.29 is 9.90 Å². The molecular weight excluding hydrogens is 294 g/mol. The van der Waals surface area contributed by atoms with Crippen LogP contribution in [0.2, 0.25) is 0 Å². The SMILES string of the molecule is Cc1cc(C)n(-c2cncc(NC3CCCC3(C)C(=O)O)n2)n1. The molecule has 1 aliphatic carbocycles. The summed E-state index contributed by atoms with van der Waals surface area (Å²) in [5, 5.41) is 17.2. The average Bonchev–Trinajstić information content (AvgIpc) is 3.03. The molecule has 0 aromatic carbocycles.